The Bertz CT molecular complexity index is 907. The van der Waals surface area contributed by atoms with Crippen molar-refractivity contribution in [3.63, 3.8) is 0 Å². The minimum absolute atomic E-state index is 0.321. The van der Waals surface area contributed by atoms with Crippen molar-refractivity contribution >= 4 is 16.3 Å². The average molecular weight is 326 g/mol. The lowest BCUT2D eigenvalue weighted by Crippen LogP contribution is -1.96. The van der Waals surface area contributed by atoms with Crippen LogP contribution in [0.15, 0.2) is 12.1 Å². The number of imidazole rings is 1. The molecule has 0 bridgehead atoms. The average Bonchev–Trinajstić information content (AvgIpc) is 3.03. The minimum atomic E-state index is 0.321. The second-order valence-corrected chi connectivity index (χ2v) is 6.83. The number of benzene rings is 1. The van der Waals surface area contributed by atoms with Crippen LogP contribution in [0.3, 0.4) is 0 Å². The Morgan fingerprint density at radius 3 is 2.43 bits per heavy atom. The Balaban J connectivity index is 2.25. The molecule has 0 saturated heterocycles. The van der Waals surface area contributed by atoms with Crippen molar-refractivity contribution < 1.29 is 4.74 Å². The summed E-state index contributed by atoms with van der Waals surface area (Å²) in [5, 5.41) is 15.2. The minimum Gasteiger partial charge on any atom is -0.497 e. The van der Waals surface area contributed by atoms with E-state index in [1.165, 1.54) is 11.3 Å². The van der Waals surface area contributed by atoms with Crippen molar-refractivity contribution in [2.24, 2.45) is 0 Å². The summed E-state index contributed by atoms with van der Waals surface area (Å²) in [4.78, 5) is 5.45. The summed E-state index contributed by atoms with van der Waals surface area (Å²) in [6.07, 6.45) is 0. The maximum atomic E-state index is 9.63. The van der Waals surface area contributed by atoms with E-state index >= 15 is 0 Å². The smallest absolute Gasteiger partial charge is 0.214 e. The summed E-state index contributed by atoms with van der Waals surface area (Å²) in [6.45, 7) is 8.19. The van der Waals surface area contributed by atoms with Crippen LogP contribution in [0.5, 0.6) is 5.75 Å². The van der Waals surface area contributed by atoms with E-state index in [0.717, 1.165) is 32.4 Å². The molecule has 0 fully saturated rings. The van der Waals surface area contributed by atoms with E-state index in [1.807, 2.05) is 26.0 Å². The van der Waals surface area contributed by atoms with E-state index in [9.17, 15) is 5.26 Å². The molecule has 2 aromatic heterocycles. The second kappa shape index (κ2) is 5.67. The molecule has 0 aliphatic rings. The molecule has 1 aromatic carbocycles. The van der Waals surface area contributed by atoms with Gasteiger partial charge in [0.15, 0.2) is 5.69 Å². The van der Waals surface area contributed by atoms with Crippen molar-refractivity contribution in [3.05, 3.63) is 34.0 Å². The molecule has 2 heterocycles. The molecule has 0 saturated carbocycles. The second-order valence-electron chi connectivity index (χ2n) is 5.85. The normalized spacial score (nSPS) is 11.2. The van der Waals surface area contributed by atoms with Gasteiger partial charge in [-0.1, -0.05) is 25.2 Å². The van der Waals surface area contributed by atoms with Gasteiger partial charge in [0.05, 0.1) is 7.11 Å². The number of methoxy groups -OCH3 is 1. The number of rotatable bonds is 3. The van der Waals surface area contributed by atoms with Gasteiger partial charge in [-0.15, -0.1) is 0 Å². The number of fused-ring (bicyclic) bond motifs is 1. The van der Waals surface area contributed by atoms with Gasteiger partial charge in [-0.25, -0.2) is 4.98 Å². The van der Waals surface area contributed by atoms with E-state index < -0.39 is 0 Å². The first-order chi connectivity index (χ1) is 11.0. The maximum absolute atomic E-state index is 9.63. The fourth-order valence-electron chi connectivity index (χ4n) is 2.69. The molecule has 23 heavy (non-hydrogen) atoms. The van der Waals surface area contributed by atoms with Gasteiger partial charge >= 0.3 is 0 Å². The summed E-state index contributed by atoms with van der Waals surface area (Å²) in [5.74, 6) is 1.13. The number of hydrogen-bond donors (Lipinski definition) is 0. The fraction of sp³-hybridized carbons (Fsp3) is 0.353. The van der Waals surface area contributed by atoms with E-state index in [4.69, 9.17) is 4.74 Å². The highest BCUT2D eigenvalue weighted by atomic mass is 32.1. The lowest BCUT2D eigenvalue weighted by atomic mass is 9.98. The summed E-state index contributed by atoms with van der Waals surface area (Å²) in [5.41, 5.74) is 4.23. The third kappa shape index (κ3) is 2.47. The molecule has 0 aliphatic heterocycles. The van der Waals surface area contributed by atoms with E-state index in [-0.39, 0.29) is 0 Å². The third-order valence-electron chi connectivity index (χ3n) is 3.80. The molecule has 3 aromatic rings. The molecule has 0 amide bonds. The third-order valence-corrected chi connectivity index (χ3v) is 5.01. The molecule has 0 unspecified atom stereocenters. The zero-order chi connectivity index (χ0) is 16.7. The van der Waals surface area contributed by atoms with Crippen molar-refractivity contribution in [3.8, 4) is 23.1 Å². The van der Waals surface area contributed by atoms with Crippen molar-refractivity contribution in [2.45, 2.75) is 33.6 Å². The predicted molar refractivity (Wildman–Crippen MR) is 91.1 cm³/mol. The summed E-state index contributed by atoms with van der Waals surface area (Å²) >= 11 is 1.53. The fourth-order valence-corrected chi connectivity index (χ4v) is 3.59. The Kier molecular flexibility index (Phi) is 3.82. The van der Waals surface area contributed by atoms with E-state index in [0.29, 0.717) is 17.3 Å². The van der Waals surface area contributed by atoms with Gasteiger partial charge in [-0.3, -0.25) is 0 Å². The zero-order valence-corrected chi connectivity index (χ0v) is 14.7. The van der Waals surface area contributed by atoms with Crippen LogP contribution in [0, 0.1) is 25.2 Å². The molecule has 6 heteroatoms. The van der Waals surface area contributed by atoms with Gasteiger partial charge in [0, 0.05) is 11.5 Å². The summed E-state index contributed by atoms with van der Waals surface area (Å²) in [7, 11) is 1.65. The number of nitrogens with zero attached hydrogens (tertiary/aromatic N) is 4. The number of nitriles is 1. The van der Waals surface area contributed by atoms with Crippen LogP contribution in [-0.2, 0) is 0 Å². The van der Waals surface area contributed by atoms with Gasteiger partial charge in [0.2, 0.25) is 4.96 Å². The highest BCUT2D eigenvalue weighted by molar-refractivity contribution is 7.16. The molecule has 0 spiro atoms. The van der Waals surface area contributed by atoms with Crippen LogP contribution < -0.4 is 4.74 Å². The van der Waals surface area contributed by atoms with Crippen LogP contribution in [0.1, 0.15) is 41.6 Å². The van der Waals surface area contributed by atoms with Gasteiger partial charge in [-0.05, 0) is 37.1 Å². The molecule has 0 radical (unpaired) electrons. The molecule has 118 valence electrons. The van der Waals surface area contributed by atoms with Gasteiger partial charge in [0.1, 0.15) is 22.5 Å². The lowest BCUT2D eigenvalue weighted by molar-refractivity contribution is 0.414. The van der Waals surface area contributed by atoms with E-state index in [2.05, 4.69) is 30.0 Å². The molecule has 0 atom stereocenters. The number of aryl methyl sites for hydroxylation is 2. The number of aromatic nitrogens is 3. The Morgan fingerprint density at radius 1 is 1.26 bits per heavy atom. The highest BCUT2D eigenvalue weighted by Crippen LogP contribution is 2.34. The molecular weight excluding hydrogens is 308 g/mol. The molecule has 0 N–H and O–H groups in total. The first kappa shape index (κ1) is 15.5. The molecular formula is C17H18N4OS. The van der Waals surface area contributed by atoms with E-state index in [1.54, 1.807) is 11.6 Å². The largest absolute Gasteiger partial charge is 0.497 e. The van der Waals surface area contributed by atoms with Gasteiger partial charge in [-0.2, -0.15) is 14.9 Å². The van der Waals surface area contributed by atoms with Crippen LogP contribution in [0.4, 0.5) is 0 Å². The van der Waals surface area contributed by atoms with Crippen LogP contribution in [-0.4, -0.2) is 21.7 Å². The van der Waals surface area contributed by atoms with Crippen molar-refractivity contribution in [1.82, 2.24) is 14.6 Å². The highest BCUT2D eigenvalue weighted by Gasteiger charge is 2.21. The predicted octanol–water partition coefficient (Wildman–Crippen LogP) is 4.08. The Morgan fingerprint density at radius 2 is 1.91 bits per heavy atom. The van der Waals surface area contributed by atoms with Crippen LogP contribution in [0.25, 0.3) is 16.2 Å². The SMILES string of the molecule is COc1cc(C)c(-c2nc3sc(C(C)C)nn3c2C#N)c(C)c1. The Labute approximate surface area is 139 Å². The number of hydrogen-bond acceptors (Lipinski definition) is 5. The lowest BCUT2D eigenvalue weighted by Gasteiger charge is -2.10. The van der Waals surface area contributed by atoms with Crippen molar-refractivity contribution in [1.29, 1.82) is 5.26 Å². The molecule has 5 nitrogen and oxygen atoms in total. The van der Waals surface area contributed by atoms with Crippen LogP contribution in [0.2, 0.25) is 0 Å². The first-order valence-electron chi connectivity index (χ1n) is 7.41. The standard InChI is InChI=1S/C17H18N4OS/c1-9(2)16-20-21-13(8-18)15(19-17(21)23-16)14-10(3)6-12(22-5)7-11(14)4/h6-7,9H,1-5H3. The molecule has 0 aliphatic carbocycles. The quantitative estimate of drug-likeness (QED) is 0.727. The van der Waals surface area contributed by atoms with Gasteiger partial charge < -0.3 is 4.74 Å². The first-order valence-corrected chi connectivity index (χ1v) is 8.23. The summed E-state index contributed by atoms with van der Waals surface area (Å²) < 4.78 is 6.97. The van der Waals surface area contributed by atoms with Gasteiger partial charge in [0.25, 0.3) is 0 Å². The molecule has 3 rings (SSSR count). The van der Waals surface area contributed by atoms with Crippen LogP contribution >= 0.6 is 11.3 Å². The maximum Gasteiger partial charge on any atom is 0.214 e. The Hall–Kier alpha value is -2.39. The number of ether oxygens (including phenoxy) is 1. The zero-order valence-electron chi connectivity index (χ0n) is 13.8. The topological polar surface area (TPSA) is 63.2 Å². The monoisotopic (exact) mass is 326 g/mol. The summed E-state index contributed by atoms with van der Waals surface area (Å²) in [6, 6.07) is 6.19. The van der Waals surface area contributed by atoms with Crippen molar-refractivity contribution in [2.75, 3.05) is 7.11 Å².